The van der Waals surface area contributed by atoms with Crippen LogP contribution in [0.3, 0.4) is 0 Å². The summed E-state index contributed by atoms with van der Waals surface area (Å²) in [7, 11) is 0. The lowest BCUT2D eigenvalue weighted by Crippen LogP contribution is -2.07. The van der Waals surface area contributed by atoms with Crippen LogP contribution in [0.5, 0.6) is 0 Å². The molecular weight excluding hydrogens is 288 g/mol. The first-order valence-electron chi connectivity index (χ1n) is 7.79. The summed E-state index contributed by atoms with van der Waals surface area (Å²) in [4.78, 5) is 9.01. The van der Waals surface area contributed by atoms with Gasteiger partial charge in [-0.1, -0.05) is 18.2 Å². The molecule has 3 heterocycles. The average molecular weight is 306 g/mol. The number of aromatic nitrogens is 3. The lowest BCUT2D eigenvalue weighted by atomic mass is 10.1. The van der Waals surface area contributed by atoms with Gasteiger partial charge in [0.2, 0.25) is 0 Å². The van der Waals surface area contributed by atoms with Gasteiger partial charge < -0.3 is 14.6 Å². The molecule has 0 unspecified atom stereocenters. The van der Waals surface area contributed by atoms with E-state index in [1.165, 1.54) is 0 Å². The highest BCUT2D eigenvalue weighted by atomic mass is 16.5. The molecule has 1 aliphatic rings. The number of nitrogens with zero attached hydrogens (tertiary/aromatic N) is 3. The molecule has 0 bridgehead atoms. The highest BCUT2D eigenvalue weighted by Crippen LogP contribution is 2.26. The Bertz CT molecular complexity index is 761. The van der Waals surface area contributed by atoms with Crippen molar-refractivity contribution in [3.05, 3.63) is 66.9 Å². The molecule has 1 aliphatic heterocycles. The summed E-state index contributed by atoms with van der Waals surface area (Å²) in [6, 6.07) is 14.1. The Morgan fingerprint density at radius 3 is 2.74 bits per heavy atom. The molecular formula is C18H18N4O. The number of rotatable bonds is 4. The van der Waals surface area contributed by atoms with Crippen molar-refractivity contribution in [1.29, 1.82) is 0 Å². The number of nitrogens with one attached hydrogen (secondary N) is 1. The molecule has 0 amide bonds. The summed E-state index contributed by atoms with van der Waals surface area (Å²) in [6.45, 7) is 1.56. The van der Waals surface area contributed by atoms with Crippen molar-refractivity contribution in [2.24, 2.45) is 0 Å². The zero-order chi connectivity index (χ0) is 15.5. The van der Waals surface area contributed by atoms with Gasteiger partial charge in [-0.3, -0.25) is 0 Å². The number of benzene rings is 1. The predicted octanol–water partition coefficient (Wildman–Crippen LogP) is 3.51. The van der Waals surface area contributed by atoms with Crippen LogP contribution in [-0.4, -0.2) is 27.7 Å². The summed E-state index contributed by atoms with van der Waals surface area (Å²) >= 11 is 0. The fourth-order valence-electron chi connectivity index (χ4n) is 2.85. The van der Waals surface area contributed by atoms with Crippen LogP contribution >= 0.6 is 0 Å². The number of anilines is 2. The molecule has 23 heavy (non-hydrogen) atoms. The van der Waals surface area contributed by atoms with Crippen LogP contribution in [0.1, 0.15) is 18.2 Å². The van der Waals surface area contributed by atoms with Crippen LogP contribution in [0.15, 0.2) is 61.1 Å². The van der Waals surface area contributed by atoms with E-state index >= 15 is 0 Å². The molecule has 1 saturated heterocycles. The molecule has 116 valence electrons. The third-order valence-corrected chi connectivity index (χ3v) is 4.04. The zero-order valence-electron chi connectivity index (χ0n) is 12.7. The van der Waals surface area contributed by atoms with Gasteiger partial charge in [-0.05, 0) is 30.7 Å². The van der Waals surface area contributed by atoms with Crippen LogP contribution in [-0.2, 0) is 4.74 Å². The number of pyridine rings is 1. The Morgan fingerprint density at radius 1 is 1.09 bits per heavy atom. The third kappa shape index (κ3) is 2.96. The maximum atomic E-state index is 5.48. The van der Waals surface area contributed by atoms with E-state index in [0.29, 0.717) is 5.92 Å². The topological polar surface area (TPSA) is 52.0 Å². The van der Waals surface area contributed by atoms with Crippen LogP contribution in [0.2, 0.25) is 0 Å². The van der Waals surface area contributed by atoms with Crippen LogP contribution in [0, 0.1) is 0 Å². The molecule has 0 aliphatic carbocycles. The second-order valence-electron chi connectivity index (χ2n) is 5.61. The van der Waals surface area contributed by atoms with Crippen molar-refractivity contribution in [3.8, 4) is 5.69 Å². The summed E-state index contributed by atoms with van der Waals surface area (Å²) in [6.07, 6.45) is 6.71. The van der Waals surface area contributed by atoms with Crippen LogP contribution in [0.25, 0.3) is 5.69 Å². The molecule has 2 aromatic heterocycles. The quantitative estimate of drug-likeness (QED) is 0.801. The van der Waals surface area contributed by atoms with Crippen LogP contribution in [0.4, 0.5) is 11.5 Å². The van der Waals surface area contributed by atoms with E-state index in [9.17, 15) is 0 Å². The van der Waals surface area contributed by atoms with E-state index in [-0.39, 0.29) is 0 Å². The van der Waals surface area contributed by atoms with Crippen molar-refractivity contribution in [2.75, 3.05) is 18.5 Å². The van der Waals surface area contributed by atoms with Crippen molar-refractivity contribution in [3.63, 3.8) is 0 Å². The number of para-hydroxylation sites is 1. The maximum Gasteiger partial charge on any atom is 0.130 e. The predicted molar refractivity (Wildman–Crippen MR) is 89.3 cm³/mol. The molecule has 1 fully saturated rings. The molecule has 3 aromatic rings. The number of hydrogen-bond acceptors (Lipinski definition) is 4. The Morgan fingerprint density at radius 2 is 2.00 bits per heavy atom. The standard InChI is InChI=1S/C18H18N4O/c1-2-4-15(5-3-1)21-17-7-6-16(12-20-17)22-10-9-19-18(22)14-8-11-23-13-14/h1-7,9-10,12,14H,8,11,13H2,(H,20,21)/t14-/m1/s1. The van der Waals surface area contributed by atoms with Crippen molar-refractivity contribution in [2.45, 2.75) is 12.3 Å². The van der Waals surface area contributed by atoms with E-state index < -0.39 is 0 Å². The first kappa shape index (κ1) is 14.0. The molecule has 0 saturated carbocycles. The second-order valence-corrected chi connectivity index (χ2v) is 5.61. The van der Waals surface area contributed by atoms with Crippen molar-refractivity contribution >= 4 is 11.5 Å². The molecule has 4 rings (SSSR count). The zero-order valence-corrected chi connectivity index (χ0v) is 12.7. The van der Waals surface area contributed by atoms with Gasteiger partial charge in [0.1, 0.15) is 11.6 Å². The summed E-state index contributed by atoms with van der Waals surface area (Å²) < 4.78 is 7.57. The van der Waals surface area contributed by atoms with Gasteiger partial charge in [0.25, 0.3) is 0 Å². The number of ether oxygens (including phenoxy) is 1. The van der Waals surface area contributed by atoms with E-state index in [4.69, 9.17) is 4.74 Å². The monoisotopic (exact) mass is 306 g/mol. The molecule has 0 spiro atoms. The molecule has 5 heteroatoms. The molecule has 1 atom stereocenters. The number of imidazole rings is 1. The van der Waals surface area contributed by atoms with Crippen molar-refractivity contribution < 1.29 is 4.74 Å². The van der Waals surface area contributed by atoms with E-state index in [2.05, 4.69) is 25.9 Å². The highest BCUT2D eigenvalue weighted by Gasteiger charge is 2.22. The fourth-order valence-corrected chi connectivity index (χ4v) is 2.85. The van der Waals surface area contributed by atoms with E-state index in [1.807, 2.05) is 55.0 Å². The Balaban J connectivity index is 1.55. The molecule has 5 nitrogen and oxygen atoms in total. The molecule has 1 N–H and O–H groups in total. The summed E-state index contributed by atoms with van der Waals surface area (Å²) in [5, 5.41) is 3.29. The van der Waals surface area contributed by atoms with Gasteiger partial charge in [-0.15, -0.1) is 0 Å². The summed E-state index contributed by atoms with van der Waals surface area (Å²) in [5.41, 5.74) is 2.04. The first-order valence-corrected chi connectivity index (χ1v) is 7.79. The molecule has 1 aromatic carbocycles. The minimum Gasteiger partial charge on any atom is -0.381 e. The van der Waals surface area contributed by atoms with E-state index in [1.54, 1.807) is 0 Å². The normalized spacial score (nSPS) is 17.3. The minimum atomic E-state index is 0.368. The smallest absolute Gasteiger partial charge is 0.130 e. The van der Waals surface area contributed by atoms with Gasteiger partial charge in [-0.2, -0.15) is 0 Å². The SMILES string of the molecule is c1ccc(Nc2ccc(-n3ccnc3[C@@H]3CCOC3)cn2)cc1. The van der Waals surface area contributed by atoms with Gasteiger partial charge >= 0.3 is 0 Å². The lowest BCUT2D eigenvalue weighted by molar-refractivity contribution is 0.193. The minimum absolute atomic E-state index is 0.368. The van der Waals surface area contributed by atoms with Gasteiger partial charge in [-0.25, -0.2) is 9.97 Å². The second kappa shape index (κ2) is 6.22. The summed E-state index contributed by atoms with van der Waals surface area (Å²) in [5.74, 6) is 2.24. The van der Waals surface area contributed by atoms with Crippen LogP contribution < -0.4 is 5.32 Å². The fraction of sp³-hybridized carbons (Fsp3) is 0.222. The van der Waals surface area contributed by atoms with Gasteiger partial charge in [0, 0.05) is 30.6 Å². The Kier molecular flexibility index (Phi) is 3.78. The Labute approximate surface area is 135 Å². The third-order valence-electron chi connectivity index (χ3n) is 4.04. The highest BCUT2D eigenvalue weighted by molar-refractivity contribution is 5.56. The number of hydrogen-bond donors (Lipinski definition) is 1. The maximum absolute atomic E-state index is 5.48. The lowest BCUT2D eigenvalue weighted by Gasteiger charge is -2.12. The molecule has 0 radical (unpaired) electrons. The largest absolute Gasteiger partial charge is 0.381 e. The van der Waals surface area contributed by atoms with E-state index in [0.717, 1.165) is 42.7 Å². The average Bonchev–Trinajstić information content (AvgIpc) is 3.28. The van der Waals surface area contributed by atoms with Gasteiger partial charge in [0.15, 0.2) is 0 Å². The van der Waals surface area contributed by atoms with Gasteiger partial charge in [0.05, 0.1) is 18.5 Å². The first-order chi connectivity index (χ1) is 11.4. The van der Waals surface area contributed by atoms with Crippen molar-refractivity contribution in [1.82, 2.24) is 14.5 Å². The Hall–Kier alpha value is -2.66.